The predicted octanol–water partition coefficient (Wildman–Crippen LogP) is 3.46. The Morgan fingerprint density at radius 3 is 2.80 bits per heavy atom. The monoisotopic (exact) mass is 338 g/mol. The van der Waals surface area contributed by atoms with Gasteiger partial charge in [-0.2, -0.15) is 0 Å². The van der Waals surface area contributed by atoms with Gasteiger partial charge in [0, 0.05) is 24.2 Å². The molecule has 0 bridgehead atoms. The lowest BCUT2D eigenvalue weighted by Crippen LogP contribution is -2.31. The SMILES string of the molecule is CC(N)C1CCN(CCOc2ccc(Cl)cc2Cl)C1.Cl. The maximum atomic E-state index is 6.05. The Kier molecular flexibility index (Phi) is 7.41. The largest absolute Gasteiger partial charge is 0.491 e. The van der Waals surface area contributed by atoms with Crippen LogP contribution in [0.4, 0.5) is 0 Å². The molecule has 0 aromatic heterocycles. The molecule has 2 unspecified atom stereocenters. The third kappa shape index (κ3) is 4.97. The number of benzene rings is 1. The van der Waals surface area contributed by atoms with E-state index in [4.69, 9.17) is 33.7 Å². The summed E-state index contributed by atoms with van der Waals surface area (Å²) in [5.74, 6) is 1.30. The zero-order chi connectivity index (χ0) is 13.8. The Balaban J connectivity index is 0.00000200. The molecule has 0 saturated carbocycles. The number of rotatable bonds is 5. The fraction of sp³-hybridized carbons (Fsp3) is 0.571. The summed E-state index contributed by atoms with van der Waals surface area (Å²) in [6, 6.07) is 5.56. The highest BCUT2D eigenvalue weighted by molar-refractivity contribution is 6.35. The van der Waals surface area contributed by atoms with Crippen molar-refractivity contribution < 1.29 is 4.74 Å². The molecule has 2 N–H and O–H groups in total. The molecule has 6 heteroatoms. The van der Waals surface area contributed by atoms with Crippen LogP contribution in [0.25, 0.3) is 0 Å². The van der Waals surface area contributed by atoms with Crippen LogP contribution in [0, 0.1) is 5.92 Å². The van der Waals surface area contributed by atoms with Gasteiger partial charge in [-0.05, 0) is 44.0 Å². The van der Waals surface area contributed by atoms with Gasteiger partial charge in [0.2, 0.25) is 0 Å². The maximum Gasteiger partial charge on any atom is 0.138 e. The molecule has 1 saturated heterocycles. The minimum atomic E-state index is 0. The van der Waals surface area contributed by atoms with Gasteiger partial charge < -0.3 is 10.5 Å². The summed E-state index contributed by atoms with van der Waals surface area (Å²) in [6.07, 6.45) is 1.18. The van der Waals surface area contributed by atoms with E-state index in [-0.39, 0.29) is 18.4 Å². The lowest BCUT2D eigenvalue weighted by molar-refractivity contribution is 0.231. The standard InChI is InChI=1S/C14H20Cl2N2O.ClH/c1-10(17)11-4-5-18(9-11)6-7-19-14-3-2-12(15)8-13(14)16;/h2-3,8,10-11H,4-7,9,17H2,1H3;1H. The van der Waals surface area contributed by atoms with E-state index in [0.29, 0.717) is 28.3 Å². The fourth-order valence-corrected chi connectivity index (χ4v) is 2.83. The van der Waals surface area contributed by atoms with Crippen LogP contribution in [0.3, 0.4) is 0 Å². The van der Waals surface area contributed by atoms with Crippen LogP contribution in [0.5, 0.6) is 5.75 Å². The molecule has 3 nitrogen and oxygen atoms in total. The van der Waals surface area contributed by atoms with E-state index < -0.39 is 0 Å². The summed E-state index contributed by atoms with van der Waals surface area (Å²) >= 11 is 11.9. The molecule has 1 aromatic carbocycles. The molecule has 0 amide bonds. The molecule has 1 fully saturated rings. The summed E-state index contributed by atoms with van der Waals surface area (Å²) in [6.45, 7) is 5.78. The Labute approximate surface area is 136 Å². The van der Waals surface area contributed by atoms with E-state index >= 15 is 0 Å². The first-order valence-electron chi connectivity index (χ1n) is 6.62. The van der Waals surface area contributed by atoms with Crippen LogP contribution in [0.1, 0.15) is 13.3 Å². The van der Waals surface area contributed by atoms with E-state index in [9.17, 15) is 0 Å². The second-order valence-electron chi connectivity index (χ2n) is 5.13. The van der Waals surface area contributed by atoms with E-state index in [0.717, 1.165) is 19.6 Å². The van der Waals surface area contributed by atoms with Crippen molar-refractivity contribution >= 4 is 35.6 Å². The summed E-state index contributed by atoms with van der Waals surface area (Å²) in [7, 11) is 0. The third-order valence-electron chi connectivity index (χ3n) is 3.61. The first-order valence-corrected chi connectivity index (χ1v) is 7.37. The smallest absolute Gasteiger partial charge is 0.138 e. The van der Waals surface area contributed by atoms with Gasteiger partial charge in [-0.1, -0.05) is 23.2 Å². The summed E-state index contributed by atoms with van der Waals surface area (Å²) in [5.41, 5.74) is 5.93. The number of hydrogen-bond donors (Lipinski definition) is 1. The highest BCUT2D eigenvalue weighted by Crippen LogP contribution is 2.27. The first-order chi connectivity index (χ1) is 9.06. The van der Waals surface area contributed by atoms with Crippen LogP contribution < -0.4 is 10.5 Å². The van der Waals surface area contributed by atoms with Crippen molar-refractivity contribution in [2.45, 2.75) is 19.4 Å². The number of halogens is 3. The van der Waals surface area contributed by atoms with Gasteiger partial charge in [0.25, 0.3) is 0 Å². The van der Waals surface area contributed by atoms with Crippen LogP contribution >= 0.6 is 35.6 Å². The predicted molar refractivity (Wildman–Crippen MR) is 87.4 cm³/mol. The highest BCUT2D eigenvalue weighted by atomic mass is 35.5. The van der Waals surface area contributed by atoms with Gasteiger partial charge in [0.15, 0.2) is 0 Å². The van der Waals surface area contributed by atoms with Crippen molar-refractivity contribution in [3.8, 4) is 5.75 Å². The van der Waals surface area contributed by atoms with Crippen molar-refractivity contribution in [1.29, 1.82) is 0 Å². The second-order valence-corrected chi connectivity index (χ2v) is 5.98. The minimum Gasteiger partial charge on any atom is -0.491 e. The van der Waals surface area contributed by atoms with Gasteiger partial charge >= 0.3 is 0 Å². The Hall–Kier alpha value is -0.190. The fourth-order valence-electron chi connectivity index (χ4n) is 2.37. The van der Waals surface area contributed by atoms with E-state index in [1.807, 2.05) is 0 Å². The molecule has 114 valence electrons. The van der Waals surface area contributed by atoms with Gasteiger partial charge in [0.05, 0.1) is 5.02 Å². The lowest BCUT2D eigenvalue weighted by Gasteiger charge is -2.18. The Bertz CT molecular complexity index is 429. The van der Waals surface area contributed by atoms with Gasteiger partial charge in [-0.15, -0.1) is 12.4 Å². The molecule has 0 spiro atoms. The summed E-state index contributed by atoms with van der Waals surface area (Å²) in [5, 5.41) is 1.18. The highest BCUT2D eigenvalue weighted by Gasteiger charge is 2.24. The van der Waals surface area contributed by atoms with Crippen molar-refractivity contribution in [2.24, 2.45) is 11.7 Å². The topological polar surface area (TPSA) is 38.5 Å². The molecule has 0 radical (unpaired) electrons. The summed E-state index contributed by atoms with van der Waals surface area (Å²) < 4.78 is 5.69. The zero-order valence-electron chi connectivity index (χ0n) is 11.5. The molecule has 1 aliphatic rings. The Morgan fingerprint density at radius 2 is 2.20 bits per heavy atom. The average molecular weight is 340 g/mol. The first kappa shape index (κ1) is 17.9. The van der Waals surface area contributed by atoms with Crippen molar-refractivity contribution in [1.82, 2.24) is 4.90 Å². The number of nitrogens with zero attached hydrogens (tertiary/aromatic N) is 1. The normalized spacial score (nSPS) is 20.5. The molecule has 0 aliphatic carbocycles. The second kappa shape index (κ2) is 8.30. The molecule has 20 heavy (non-hydrogen) atoms. The maximum absolute atomic E-state index is 6.05. The molecule has 1 heterocycles. The molecule has 2 atom stereocenters. The van der Waals surface area contributed by atoms with Gasteiger partial charge in [-0.3, -0.25) is 4.90 Å². The third-order valence-corrected chi connectivity index (χ3v) is 4.14. The average Bonchev–Trinajstić information content (AvgIpc) is 2.81. The Morgan fingerprint density at radius 1 is 1.45 bits per heavy atom. The molecule has 1 aliphatic heterocycles. The molecular weight excluding hydrogens is 319 g/mol. The van der Waals surface area contributed by atoms with Crippen LogP contribution in [-0.2, 0) is 0 Å². The van der Waals surface area contributed by atoms with Gasteiger partial charge in [-0.25, -0.2) is 0 Å². The van der Waals surface area contributed by atoms with E-state index in [1.54, 1.807) is 18.2 Å². The van der Waals surface area contributed by atoms with Crippen molar-refractivity contribution in [3.05, 3.63) is 28.2 Å². The van der Waals surface area contributed by atoms with Crippen molar-refractivity contribution in [3.63, 3.8) is 0 Å². The minimum absolute atomic E-state index is 0. The van der Waals surface area contributed by atoms with Crippen LogP contribution in [0.2, 0.25) is 10.0 Å². The quantitative estimate of drug-likeness (QED) is 0.893. The zero-order valence-corrected chi connectivity index (χ0v) is 13.8. The number of ether oxygens (including phenoxy) is 1. The molecule has 1 aromatic rings. The lowest BCUT2D eigenvalue weighted by atomic mass is 10.0. The number of hydrogen-bond acceptors (Lipinski definition) is 3. The van der Waals surface area contributed by atoms with E-state index in [1.165, 1.54) is 6.42 Å². The van der Waals surface area contributed by atoms with Crippen LogP contribution in [0.15, 0.2) is 18.2 Å². The van der Waals surface area contributed by atoms with Gasteiger partial charge in [0.1, 0.15) is 12.4 Å². The summed E-state index contributed by atoms with van der Waals surface area (Å²) in [4.78, 5) is 2.39. The van der Waals surface area contributed by atoms with Crippen molar-refractivity contribution in [2.75, 3.05) is 26.2 Å². The number of likely N-dealkylation sites (tertiary alicyclic amines) is 1. The molecular formula is C14H21Cl3N2O. The molecule has 2 rings (SSSR count). The van der Waals surface area contributed by atoms with E-state index in [2.05, 4.69) is 11.8 Å². The number of nitrogens with two attached hydrogens (primary N) is 1. The van der Waals surface area contributed by atoms with Crippen LogP contribution in [-0.4, -0.2) is 37.2 Å².